The molecule has 2 rings (SSSR count). The van der Waals surface area contributed by atoms with E-state index < -0.39 is 16.0 Å². The molecule has 1 aromatic carbocycles. The van der Waals surface area contributed by atoms with Gasteiger partial charge in [0.25, 0.3) is 10.0 Å². The van der Waals surface area contributed by atoms with Crippen molar-refractivity contribution in [3.63, 3.8) is 0 Å². The number of carbonyl (C=O) groups excluding carboxylic acids is 1. The van der Waals surface area contributed by atoms with Crippen molar-refractivity contribution < 1.29 is 22.7 Å². The topological polar surface area (TPSA) is 94.1 Å². The Bertz CT molecular complexity index is 666. The minimum atomic E-state index is -3.88. The summed E-state index contributed by atoms with van der Waals surface area (Å²) in [6.07, 6.45) is 0.787. The Hall–Kier alpha value is -2.09. The second kappa shape index (κ2) is 5.49. The SMILES string of the molecule is CCCC(=O)OC1=NS(=O)(=O)c2ccc(OC)cc2N1. The number of anilines is 1. The van der Waals surface area contributed by atoms with Crippen LogP contribution in [0.5, 0.6) is 5.75 Å². The summed E-state index contributed by atoms with van der Waals surface area (Å²) < 4.78 is 37.3. The number of ether oxygens (including phenoxy) is 2. The molecule has 0 fully saturated rings. The number of carbonyl (C=O) groups is 1. The van der Waals surface area contributed by atoms with Gasteiger partial charge in [0.2, 0.25) is 0 Å². The van der Waals surface area contributed by atoms with Crippen LogP contribution in [0.15, 0.2) is 27.5 Å². The van der Waals surface area contributed by atoms with Crippen LogP contribution in [0.1, 0.15) is 19.8 Å². The second-order valence-electron chi connectivity index (χ2n) is 4.08. The maximum atomic E-state index is 12.0. The highest BCUT2D eigenvalue weighted by Gasteiger charge is 2.27. The molecule has 1 heterocycles. The number of nitrogens with zero attached hydrogens (tertiary/aromatic N) is 1. The number of amidine groups is 1. The van der Waals surface area contributed by atoms with Crippen molar-refractivity contribution in [3.05, 3.63) is 18.2 Å². The summed E-state index contributed by atoms with van der Waals surface area (Å²) >= 11 is 0. The van der Waals surface area contributed by atoms with Crippen LogP contribution in [-0.4, -0.2) is 27.5 Å². The van der Waals surface area contributed by atoms with Gasteiger partial charge in [0.05, 0.1) is 12.8 Å². The lowest BCUT2D eigenvalue weighted by Gasteiger charge is -2.17. The van der Waals surface area contributed by atoms with Gasteiger partial charge in [-0.05, 0) is 18.6 Å². The average Bonchev–Trinajstić information content (AvgIpc) is 2.37. The number of esters is 1. The molecule has 1 aromatic rings. The summed E-state index contributed by atoms with van der Waals surface area (Å²) in [5.74, 6) is -0.0621. The van der Waals surface area contributed by atoms with E-state index in [0.29, 0.717) is 12.2 Å². The van der Waals surface area contributed by atoms with Crippen molar-refractivity contribution in [3.8, 4) is 5.75 Å². The van der Waals surface area contributed by atoms with Crippen molar-refractivity contribution in [1.82, 2.24) is 0 Å². The van der Waals surface area contributed by atoms with E-state index >= 15 is 0 Å². The van der Waals surface area contributed by atoms with Gasteiger partial charge in [-0.2, -0.15) is 8.42 Å². The Labute approximate surface area is 116 Å². The molecule has 0 aromatic heterocycles. The zero-order valence-corrected chi connectivity index (χ0v) is 11.9. The van der Waals surface area contributed by atoms with Gasteiger partial charge in [0.15, 0.2) is 0 Å². The number of sulfonamides is 1. The standard InChI is InChI=1S/C12H14N2O5S/c1-3-4-11(15)19-12-13-9-7-8(18-2)5-6-10(9)20(16,17)14-12/h5-7H,3-4H2,1-2H3,(H,13,14). The molecule has 0 atom stereocenters. The average molecular weight is 298 g/mol. The fourth-order valence-electron chi connectivity index (χ4n) is 1.66. The molecule has 0 aliphatic carbocycles. The van der Waals surface area contributed by atoms with Crippen LogP contribution in [-0.2, 0) is 19.6 Å². The monoisotopic (exact) mass is 298 g/mol. The number of nitrogens with one attached hydrogen (secondary N) is 1. The van der Waals surface area contributed by atoms with Crippen molar-refractivity contribution >= 4 is 27.7 Å². The van der Waals surface area contributed by atoms with Gasteiger partial charge in [0.1, 0.15) is 10.6 Å². The van der Waals surface area contributed by atoms with Crippen molar-refractivity contribution in [1.29, 1.82) is 0 Å². The maximum absolute atomic E-state index is 12.0. The largest absolute Gasteiger partial charge is 0.497 e. The fourth-order valence-corrected chi connectivity index (χ4v) is 2.69. The van der Waals surface area contributed by atoms with Crippen LogP contribution < -0.4 is 10.1 Å². The third-order valence-electron chi connectivity index (χ3n) is 2.57. The smallest absolute Gasteiger partial charge is 0.313 e. The predicted octanol–water partition coefficient (Wildman–Crippen LogP) is 1.51. The lowest BCUT2D eigenvalue weighted by atomic mass is 10.3. The first kappa shape index (κ1) is 14.3. The summed E-state index contributed by atoms with van der Waals surface area (Å²) in [6.45, 7) is 1.81. The number of rotatable bonds is 3. The molecule has 0 spiro atoms. The maximum Gasteiger partial charge on any atom is 0.313 e. The van der Waals surface area contributed by atoms with Gasteiger partial charge in [-0.25, -0.2) is 0 Å². The number of benzene rings is 1. The van der Waals surface area contributed by atoms with Gasteiger partial charge in [-0.15, -0.1) is 4.40 Å². The summed E-state index contributed by atoms with van der Waals surface area (Å²) in [4.78, 5) is 11.4. The molecule has 0 unspecified atom stereocenters. The summed E-state index contributed by atoms with van der Waals surface area (Å²) in [6, 6.07) is 4.05. The first-order chi connectivity index (χ1) is 9.46. The Kier molecular flexibility index (Phi) is 3.93. The fraction of sp³-hybridized carbons (Fsp3) is 0.333. The molecular formula is C12H14N2O5S. The molecule has 0 radical (unpaired) electrons. The van der Waals surface area contributed by atoms with Crippen LogP contribution >= 0.6 is 0 Å². The highest BCUT2D eigenvalue weighted by atomic mass is 32.2. The Balaban J connectivity index is 2.33. The Morgan fingerprint density at radius 3 is 2.80 bits per heavy atom. The zero-order chi connectivity index (χ0) is 14.8. The molecule has 7 nitrogen and oxygen atoms in total. The highest BCUT2D eigenvalue weighted by molar-refractivity contribution is 7.90. The van der Waals surface area contributed by atoms with Crippen LogP contribution in [0, 0.1) is 0 Å². The van der Waals surface area contributed by atoms with E-state index in [2.05, 4.69) is 9.71 Å². The van der Waals surface area contributed by atoms with E-state index in [1.165, 1.54) is 25.3 Å². The molecule has 0 amide bonds. The summed E-state index contributed by atoms with van der Waals surface area (Å²) in [7, 11) is -2.42. The molecule has 1 aliphatic heterocycles. The van der Waals surface area contributed by atoms with E-state index in [1.54, 1.807) is 0 Å². The highest BCUT2D eigenvalue weighted by Crippen LogP contribution is 2.30. The van der Waals surface area contributed by atoms with Crippen molar-refractivity contribution in [2.24, 2.45) is 4.40 Å². The molecule has 0 saturated carbocycles. The van der Waals surface area contributed by atoms with Crippen LogP contribution in [0.25, 0.3) is 0 Å². The first-order valence-corrected chi connectivity index (χ1v) is 7.41. The third-order valence-corrected chi connectivity index (χ3v) is 3.89. The Morgan fingerprint density at radius 2 is 2.15 bits per heavy atom. The van der Waals surface area contributed by atoms with E-state index in [0.717, 1.165) is 0 Å². The first-order valence-electron chi connectivity index (χ1n) is 5.97. The number of methoxy groups -OCH3 is 1. The number of hydrogen-bond donors (Lipinski definition) is 1. The minimum absolute atomic E-state index is 0.00795. The van der Waals surface area contributed by atoms with Crippen LogP contribution in [0.3, 0.4) is 0 Å². The van der Waals surface area contributed by atoms with Crippen molar-refractivity contribution in [2.45, 2.75) is 24.7 Å². The molecule has 20 heavy (non-hydrogen) atoms. The lowest BCUT2D eigenvalue weighted by Crippen LogP contribution is -2.26. The molecular weight excluding hydrogens is 284 g/mol. The molecule has 1 aliphatic rings. The summed E-state index contributed by atoms with van der Waals surface area (Å²) in [5.41, 5.74) is 0.263. The molecule has 0 saturated heterocycles. The van der Waals surface area contributed by atoms with Crippen LogP contribution in [0.4, 0.5) is 5.69 Å². The van der Waals surface area contributed by atoms with E-state index in [1.807, 2.05) is 6.92 Å². The molecule has 0 bridgehead atoms. The van der Waals surface area contributed by atoms with Gasteiger partial charge in [-0.3, -0.25) is 4.79 Å². The number of fused-ring (bicyclic) bond motifs is 1. The zero-order valence-electron chi connectivity index (χ0n) is 11.0. The predicted molar refractivity (Wildman–Crippen MR) is 72.2 cm³/mol. The Morgan fingerprint density at radius 1 is 1.40 bits per heavy atom. The van der Waals surface area contributed by atoms with E-state index in [-0.39, 0.29) is 23.0 Å². The molecule has 108 valence electrons. The normalized spacial score (nSPS) is 15.6. The van der Waals surface area contributed by atoms with Gasteiger partial charge in [0, 0.05) is 12.5 Å². The second-order valence-corrected chi connectivity index (χ2v) is 5.66. The quantitative estimate of drug-likeness (QED) is 0.850. The lowest BCUT2D eigenvalue weighted by molar-refractivity contribution is -0.135. The molecule has 8 heteroatoms. The van der Waals surface area contributed by atoms with Crippen LogP contribution in [0.2, 0.25) is 0 Å². The van der Waals surface area contributed by atoms with E-state index in [9.17, 15) is 13.2 Å². The molecule has 1 N–H and O–H groups in total. The van der Waals surface area contributed by atoms with Gasteiger partial charge in [-0.1, -0.05) is 6.92 Å². The summed E-state index contributed by atoms with van der Waals surface area (Å²) in [5, 5.41) is 2.66. The minimum Gasteiger partial charge on any atom is -0.497 e. The van der Waals surface area contributed by atoms with E-state index in [4.69, 9.17) is 9.47 Å². The van der Waals surface area contributed by atoms with Crippen molar-refractivity contribution in [2.75, 3.05) is 12.4 Å². The van der Waals surface area contributed by atoms with Gasteiger partial charge >= 0.3 is 12.0 Å². The number of hydrogen-bond acceptors (Lipinski definition) is 6. The third kappa shape index (κ3) is 2.90. The van der Waals surface area contributed by atoms with Gasteiger partial charge < -0.3 is 14.8 Å².